The zero-order chi connectivity index (χ0) is 17.6. The van der Waals surface area contributed by atoms with Gasteiger partial charge in [0, 0.05) is 5.56 Å². The van der Waals surface area contributed by atoms with Gasteiger partial charge < -0.3 is 4.74 Å². The van der Waals surface area contributed by atoms with Crippen molar-refractivity contribution in [1.29, 1.82) is 0 Å². The molecule has 0 spiro atoms. The minimum absolute atomic E-state index is 0.330. The molecule has 0 radical (unpaired) electrons. The Morgan fingerprint density at radius 1 is 1.36 bits per heavy atom. The second-order valence-corrected chi connectivity index (χ2v) is 6.79. The van der Waals surface area contributed by atoms with Gasteiger partial charge in [0.15, 0.2) is 11.5 Å². The average molecular weight is 373 g/mol. The number of esters is 1. The van der Waals surface area contributed by atoms with E-state index in [0.29, 0.717) is 28.0 Å². The Hall–Kier alpha value is -2.51. The van der Waals surface area contributed by atoms with E-state index in [1.807, 2.05) is 25.1 Å². The number of aryl methyl sites for hydroxylation is 1. The Kier molecular flexibility index (Phi) is 3.89. The van der Waals surface area contributed by atoms with E-state index in [2.05, 4.69) is 15.1 Å². The molecule has 0 N–H and O–H groups in total. The Balaban J connectivity index is 1.95. The van der Waals surface area contributed by atoms with E-state index >= 15 is 0 Å². The zero-order valence-corrected chi connectivity index (χ0v) is 15.1. The molecule has 4 rings (SSSR count). The van der Waals surface area contributed by atoms with Crippen molar-refractivity contribution >= 4 is 44.8 Å². The number of thiophene rings is 1. The fourth-order valence-corrected chi connectivity index (χ4v) is 3.94. The number of carbonyl (C=O) groups is 1. The Labute approximate surface area is 152 Å². The molecule has 0 saturated heterocycles. The topological polar surface area (TPSA) is 69.4 Å². The third kappa shape index (κ3) is 2.56. The number of carbonyl (C=O) groups excluding carboxylic acids is 1. The lowest BCUT2D eigenvalue weighted by Gasteiger charge is -1.99. The van der Waals surface area contributed by atoms with Crippen molar-refractivity contribution < 1.29 is 9.53 Å². The minimum atomic E-state index is -0.341. The summed E-state index contributed by atoms with van der Waals surface area (Å²) in [6.07, 6.45) is 1.59. The van der Waals surface area contributed by atoms with Gasteiger partial charge in [-0.2, -0.15) is 0 Å². The SMILES string of the molecule is CCOC(=O)c1sc2ncn3nc(-c4ccccc4Cl)nc3c2c1C. The summed E-state index contributed by atoms with van der Waals surface area (Å²) in [6, 6.07) is 7.41. The number of hydrogen-bond acceptors (Lipinski definition) is 6. The molecular formula is C17H13ClN4O2S. The Bertz CT molecular complexity index is 1120. The fraction of sp³-hybridized carbons (Fsp3) is 0.176. The number of ether oxygens (including phenoxy) is 1. The summed E-state index contributed by atoms with van der Waals surface area (Å²) in [4.78, 5) is 22.4. The van der Waals surface area contributed by atoms with E-state index in [4.69, 9.17) is 16.3 Å². The van der Waals surface area contributed by atoms with Gasteiger partial charge in [-0.1, -0.05) is 23.7 Å². The van der Waals surface area contributed by atoms with E-state index < -0.39 is 0 Å². The first-order valence-corrected chi connectivity index (χ1v) is 8.86. The second kappa shape index (κ2) is 6.09. The number of nitrogens with zero attached hydrogens (tertiary/aromatic N) is 4. The largest absolute Gasteiger partial charge is 0.462 e. The van der Waals surface area contributed by atoms with Crippen molar-refractivity contribution in [3.8, 4) is 11.4 Å². The lowest BCUT2D eigenvalue weighted by atomic mass is 10.2. The fourth-order valence-electron chi connectivity index (χ4n) is 2.68. The number of aromatic nitrogens is 4. The van der Waals surface area contributed by atoms with Crippen LogP contribution >= 0.6 is 22.9 Å². The van der Waals surface area contributed by atoms with Crippen LogP contribution in [-0.2, 0) is 4.74 Å². The van der Waals surface area contributed by atoms with Crippen molar-refractivity contribution in [1.82, 2.24) is 19.6 Å². The second-order valence-electron chi connectivity index (χ2n) is 5.38. The summed E-state index contributed by atoms with van der Waals surface area (Å²) in [5.74, 6) is 0.176. The summed E-state index contributed by atoms with van der Waals surface area (Å²) >= 11 is 7.55. The van der Waals surface area contributed by atoms with Crippen molar-refractivity contribution in [2.75, 3.05) is 6.61 Å². The normalized spacial score (nSPS) is 11.3. The molecular weight excluding hydrogens is 360 g/mol. The van der Waals surface area contributed by atoms with Crippen LogP contribution in [0.3, 0.4) is 0 Å². The number of rotatable bonds is 3. The molecule has 0 unspecified atom stereocenters. The molecule has 0 aliphatic carbocycles. The quantitative estimate of drug-likeness (QED) is 0.505. The van der Waals surface area contributed by atoms with Crippen LogP contribution in [0.1, 0.15) is 22.2 Å². The van der Waals surface area contributed by atoms with Crippen LogP contribution < -0.4 is 0 Å². The van der Waals surface area contributed by atoms with E-state index in [1.54, 1.807) is 23.8 Å². The van der Waals surface area contributed by atoms with Crippen LogP contribution in [-0.4, -0.2) is 32.2 Å². The van der Waals surface area contributed by atoms with Gasteiger partial charge in [0.05, 0.1) is 17.0 Å². The van der Waals surface area contributed by atoms with Crippen LogP contribution in [0.2, 0.25) is 5.02 Å². The highest BCUT2D eigenvalue weighted by molar-refractivity contribution is 7.20. The predicted molar refractivity (Wildman–Crippen MR) is 97.3 cm³/mol. The number of fused-ring (bicyclic) bond motifs is 3. The van der Waals surface area contributed by atoms with Crippen LogP contribution in [0.25, 0.3) is 27.3 Å². The smallest absolute Gasteiger partial charge is 0.348 e. The molecule has 3 heterocycles. The molecule has 6 nitrogen and oxygen atoms in total. The van der Waals surface area contributed by atoms with Crippen molar-refractivity contribution in [2.45, 2.75) is 13.8 Å². The third-order valence-electron chi connectivity index (χ3n) is 3.84. The molecule has 0 bridgehead atoms. The molecule has 0 aliphatic heterocycles. The predicted octanol–water partition coefficient (Wildman–Crippen LogP) is 4.14. The Morgan fingerprint density at radius 3 is 2.92 bits per heavy atom. The number of hydrogen-bond donors (Lipinski definition) is 0. The van der Waals surface area contributed by atoms with Gasteiger partial charge in [-0.25, -0.2) is 19.3 Å². The molecule has 126 valence electrons. The van der Waals surface area contributed by atoms with Gasteiger partial charge in [-0.15, -0.1) is 16.4 Å². The Morgan fingerprint density at radius 2 is 2.16 bits per heavy atom. The zero-order valence-electron chi connectivity index (χ0n) is 13.5. The molecule has 0 amide bonds. The lowest BCUT2D eigenvalue weighted by Crippen LogP contribution is -2.03. The summed E-state index contributed by atoms with van der Waals surface area (Å²) < 4.78 is 6.73. The number of halogens is 1. The summed E-state index contributed by atoms with van der Waals surface area (Å²) in [6.45, 7) is 3.99. The standard InChI is InChI=1S/C17H13ClN4O2S/c1-3-24-17(23)13-9(2)12-15-20-14(10-6-4-5-7-11(10)18)21-22(15)8-19-16(12)25-13/h4-8H,3H2,1-2H3. The van der Waals surface area contributed by atoms with Gasteiger partial charge in [-0.3, -0.25) is 0 Å². The monoisotopic (exact) mass is 372 g/mol. The van der Waals surface area contributed by atoms with Crippen LogP contribution in [0.4, 0.5) is 0 Å². The molecule has 0 fully saturated rings. The molecule has 0 atom stereocenters. The molecule has 4 aromatic rings. The molecule has 0 saturated carbocycles. The molecule has 3 aromatic heterocycles. The molecule has 8 heteroatoms. The van der Waals surface area contributed by atoms with Crippen LogP contribution in [0.5, 0.6) is 0 Å². The lowest BCUT2D eigenvalue weighted by molar-refractivity contribution is 0.0531. The van der Waals surface area contributed by atoms with E-state index in [0.717, 1.165) is 21.3 Å². The maximum atomic E-state index is 12.1. The van der Waals surface area contributed by atoms with Crippen molar-refractivity contribution in [2.24, 2.45) is 0 Å². The highest BCUT2D eigenvalue weighted by Gasteiger charge is 2.21. The highest BCUT2D eigenvalue weighted by Crippen LogP contribution is 2.33. The number of benzene rings is 1. The average Bonchev–Trinajstić information content (AvgIpc) is 3.16. The van der Waals surface area contributed by atoms with Crippen LogP contribution in [0, 0.1) is 6.92 Å². The third-order valence-corrected chi connectivity index (χ3v) is 5.35. The first-order chi connectivity index (χ1) is 12.1. The van der Waals surface area contributed by atoms with Gasteiger partial charge in [0.25, 0.3) is 0 Å². The molecule has 1 aromatic carbocycles. The minimum Gasteiger partial charge on any atom is -0.462 e. The highest BCUT2D eigenvalue weighted by atomic mass is 35.5. The van der Waals surface area contributed by atoms with E-state index in [9.17, 15) is 4.79 Å². The maximum absolute atomic E-state index is 12.1. The van der Waals surface area contributed by atoms with Gasteiger partial charge in [0.2, 0.25) is 0 Å². The van der Waals surface area contributed by atoms with Gasteiger partial charge in [-0.05, 0) is 31.5 Å². The van der Waals surface area contributed by atoms with Gasteiger partial charge in [0.1, 0.15) is 16.0 Å². The van der Waals surface area contributed by atoms with E-state index in [1.165, 1.54) is 11.3 Å². The van der Waals surface area contributed by atoms with Gasteiger partial charge >= 0.3 is 5.97 Å². The van der Waals surface area contributed by atoms with Crippen molar-refractivity contribution in [3.63, 3.8) is 0 Å². The summed E-state index contributed by atoms with van der Waals surface area (Å²) in [5, 5.41) is 5.86. The molecule has 0 aliphatic rings. The van der Waals surface area contributed by atoms with Crippen molar-refractivity contribution in [3.05, 3.63) is 46.1 Å². The maximum Gasteiger partial charge on any atom is 0.348 e. The van der Waals surface area contributed by atoms with Crippen LogP contribution in [0.15, 0.2) is 30.6 Å². The van der Waals surface area contributed by atoms with E-state index in [-0.39, 0.29) is 5.97 Å². The molecule has 25 heavy (non-hydrogen) atoms. The summed E-state index contributed by atoms with van der Waals surface area (Å²) in [5.41, 5.74) is 2.19. The first-order valence-electron chi connectivity index (χ1n) is 7.66. The summed E-state index contributed by atoms with van der Waals surface area (Å²) in [7, 11) is 0. The first kappa shape index (κ1) is 16.0.